The van der Waals surface area contributed by atoms with Crippen molar-refractivity contribution >= 4 is 82.2 Å². The molecule has 0 saturated heterocycles. The molecule has 2 nitrogen and oxygen atoms in total. The van der Waals surface area contributed by atoms with Crippen LogP contribution in [0.3, 0.4) is 0 Å². The van der Waals surface area contributed by atoms with Gasteiger partial charge in [-0.15, -0.1) is 0 Å². The van der Waals surface area contributed by atoms with Gasteiger partial charge in [-0.1, -0.05) is 21.6 Å². The van der Waals surface area contributed by atoms with Gasteiger partial charge in [0.15, 0.2) is 0 Å². The maximum absolute atomic E-state index is 8.57. The third-order valence-corrected chi connectivity index (χ3v) is 12.6. The highest BCUT2D eigenvalue weighted by Gasteiger charge is 1.94. The normalized spacial score (nSPS) is 18.0. The second-order valence-electron chi connectivity index (χ2n) is 0.896. The van der Waals surface area contributed by atoms with E-state index in [9.17, 15) is 0 Å². The summed E-state index contributed by atoms with van der Waals surface area (Å²) >= 11 is -0.583. The molecule has 0 aromatic carbocycles. The van der Waals surface area contributed by atoms with Gasteiger partial charge in [0, 0.05) is 0 Å². The summed E-state index contributed by atoms with van der Waals surface area (Å²) < 4.78 is 14.2. The lowest BCUT2D eigenvalue weighted by molar-refractivity contribution is 0.608. The maximum Gasteiger partial charge on any atom is -0.0000334 e. The van der Waals surface area contributed by atoms with Crippen LogP contribution in [0.5, 0.6) is 0 Å². The molecule has 72 valence electrons. The van der Waals surface area contributed by atoms with Crippen molar-refractivity contribution in [2.75, 3.05) is 0 Å². The predicted molar refractivity (Wildman–Crippen MR) is 74.4 cm³/mol. The first kappa shape index (κ1) is 14.1. The first-order valence-corrected chi connectivity index (χ1v) is 12.0. The molecule has 1 heterocycles. The largest absolute Gasteiger partial charge is 0.448 e. The van der Waals surface area contributed by atoms with E-state index in [0.717, 1.165) is 0 Å². The van der Waals surface area contributed by atoms with Crippen molar-refractivity contribution < 1.29 is 4.21 Å². The fourth-order valence-corrected chi connectivity index (χ4v) is 13.3. The van der Waals surface area contributed by atoms with E-state index in [4.69, 9.17) is 8.99 Å². The van der Waals surface area contributed by atoms with Crippen LogP contribution in [0.25, 0.3) is 0 Å². The van der Waals surface area contributed by atoms with Crippen LogP contribution in [0.1, 0.15) is 0 Å². The first-order chi connectivity index (χ1) is 5.91. The van der Waals surface area contributed by atoms with Gasteiger partial charge in [0.25, 0.3) is 0 Å². The molecule has 12 heavy (non-hydrogen) atoms. The van der Waals surface area contributed by atoms with E-state index in [0.29, 0.717) is 0 Å². The summed E-state index contributed by atoms with van der Waals surface area (Å²) in [7, 11) is 12.6. The van der Waals surface area contributed by atoms with E-state index < -0.39 is 11.5 Å². The fraction of sp³-hybridized carbons (Fsp3) is 0. The second kappa shape index (κ2) is 13.1. The molecular formula is C2H4NOS8-. The molecule has 0 aliphatic carbocycles. The number of thiol groups is 1. The molecular weight excluding hydrogens is 311 g/mol. The summed E-state index contributed by atoms with van der Waals surface area (Å²) in [5.74, 6) is 0. The fourth-order valence-electron chi connectivity index (χ4n) is 0.157. The standard InChI is InChI=1S/C2H2S7.H2NOS/c1-2-4-6-8-9-7-5-3-1;1-3-2/h1-2H;1,3H/q;-1. The Kier molecular flexibility index (Phi) is 15.5. The van der Waals surface area contributed by atoms with Crippen molar-refractivity contribution in [3.8, 4) is 0 Å². The lowest BCUT2D eigenvalue weighted by Gasteiger charge is -1.89. The summed E-state index contributed by atoms with van der Waals surface area (Å²) in [6.45, 7) is 0. The zero-order valence-electron chi connectivity index (χ0n) is 5.37. The summed E-state index contributed by atoms with van der Waals surface area (Å²) in [6, 6.07) is 0. The number of hydrogen-bond acceptors (Lipinski definition) is 10. The number of rotatable bonds is 0. The van der Waals surface area contributed by atoms with Gasteiger partial charge in [-0.3, -0.25) is 0 Å². The minimum absolute atomic E-state index is 0.583. The molecule has 1 aliphatic rings. The highest BCUT2D eigenvalue weighted by atomic mass is 33.9. The van der Waals surface area contributed by atoms with Gasteiger partial charge in [-0.05, 0) is 59.9 Å². The second-order valence-corrected chi connectivity index (χ2v) is 12.0. The summed E-state index contributed by atoms with van der Waals surface area (Å²) in [5, 5.41) is 4.23. The monoisotopic (exact) mass is 314 g/mol. The van der Waals surface area contributed by atoms with Crippen LogP contribution in [0.2, 0.25) is 0 Å². The van der Waals surface area contributed by atoms with E-state index in [1.807, 2.05) is 29.5 Å². The van der Waals surface area contributed by atoms with Crippen molar-refractivity contribution in [1.29, 1.82) is 4.78 Å². The zero-order chi connectivity index (χ0) is 9.07. The van der Waals surface area contributed by atoms with E-state index >= 15 is 0 Å². The topological polar surface area (TPSA) is 40.9 Å². The summed E-state index contributed by atoms with van der Waals surface area (Å²) in [5.41, 5.74) is 0. The van der Waals surface area contributed by atoms with E-state index in [1.165, 1.54) is 0 Å². The molecule has 0 atom stereocenters. The smallest absolute Gasteiger partial charge is 0.0000334 e. The minimum atomic E-state index is -0.583. The Bertz CT molecular complexity index is 143. The van der Waals surface area contributed by atoms with Gasteiger partial charge in [0.1, 0.15) is 0 Å². The van der Waals surface area contributed by atoms with Gasteiger partial charge in [-0.25, -0.2) is 11.5 Å². The highest BCUT2D eigenvalue weighted by molar-refractivity contribution is 9.46. The lowest BCUT2D eigenvalue weighted by atomic mass is 11.3. The number of hydrogen-bond donors (Lipinski definition) is 1. The van der Waals surface area contributed by atoms with Gasteiger partial charge in [0.05, 0.1) is 0 Å². The maximum atomic E-state index is 8.57. The zero-order valence-corrected chi connectivity index (χ0v) is 12.0. The Morgan fingerprint density at radius 3 is 1.67 bits per heavy atom. The average molecular weight is 315 g/mol. The molecule has 10 heteroatoms. The van der Waals surface area contributed by atoms with Crippen molar-refractivity contribution in [3.63, 3.8) is 0 Å². The Hall–Kier alpha value is 2.14. The van der Waals surface area contributed by atoms with E-state index in [-0.39, 0.29) is 0 Å². The van der Waals surface area contributed by atoms with Gasteiger partial charge in [-0.2, -0.15) is 0 Å². The van der Waals surface area contributed by atoms with Crippen molar-refractivity contribution in [3.05, 3.63) is 10.8 Å². The SMILES string of the molecule is C1=CSSSSSSS1.N=[SH-]=O. The Morgan fingerprint density at radius 1 is 0.917 bits per heavy atom. The Balaban J connectivity index is 0.000000354. The Labute approximate surface area is 101 Å². The van der Waals surface area contributed by atoms with Crippen molar-refractivity contribution in [2.45, 2.75) is 0 Å². The minimum Gasteiger partial charge on any atom is -0.448 e. The van der Waals surface area contributed by atoms with Gasteiger partial charge in [0.2, 0.25) is 0 Å². The van der Waals surface area contributed by atoms with Crippen molar-refractivity contribution in [2.24, 2.45) is 0 Å². The van der Waals surface area contributed by atoms with E-state index in [1.54, 1.807) is 41.2 Å². The molecule has 0 saturated carbocycles. The molecule has 0 fully saturated rings. The van der Waals surface area contributed by atoms with Crippen LogP contribution in [0.4, 0.5) is 0 Å². The molecule has 0 spiro atoms. The van der Waals surface area contributed by atoms with Crippen molar-refractivity contribution in [1.82, 2.24) is 0 Å². The van der Waals surface area contributed by atoms with Crippen LogP contribution in [-0.4, -0.2) is 0 Å². The van der Waals surface area contributed by atoms with Crippen LogP contribution < -0.4 is 0 Å². The number of nitrogens with one attached hydrogen (secondary N) is 1. The van der Waals surface area contributed by atoms with Gasteiger partial charge >= 0.3 is 0 Å². The summed E-state index contributed by atoms with van der Waals surface area (Å²) in [4.78, 5) is 0. The molecule has 0 aromatic heterocycles. The van der Waals surface area contributed by atoms with Crippen LogP contribution in [0.15, 0.2) is 10.8 Å². The molecule has 0 unspecified atom stereocenters. The molecule has 1 rings (SSSR count). The van der Waals surface area contributed by atoms with Gasteiger partial charge < -0.3 is 8.99 Å². The summed E-state index contributed by atoms with van der Waals surface area (Å²) in [6.07, 6.45) is 0. The molecule has 1 aliphatic heterocycles. The Morgan fingerprint density at radius 2 is 1.25 bits per heavy atom. The first-order valence-electron chi connectivity index (χ1n) is 2.21. The molecule has 0 bridgehead atoms. The molecule has 0 aromatic rings. The predicted octanol–water partition coefficient (Wildman–Crippen LogP) is 5.00. The lowest BCUT2D eigenvalue weighted by Crippen LogP contribution is -1.32. The van der Waals surface area contributed by atoms with E-state index in [2.05, 4.69) is 10.8 Å². The van der Waals surface area contributed by atoms with Crippen LogP contribution >= 0.6 is 70.7 Å². The molecule has 1 N–H and O–H groups in total. The third-order valence-electron chi connectivity index (χ3n) is 0.356. The quantitative estimate of drug-likeness (QED) is 0.380. The molecule has 0 amide bonds. The highest BCUT2D eigenvalue weighted by Crippen LogP contribution is 2.57. The molecule has 0 radical (unpaired) electrons. The average Bonchev–Trinajstić information content (AvgIpc) is 2.19. The third kappa shape index (κ3) is 12.1. The van der Waals surface area contributed by atoms with Crippen LogP contribution in [0, 0.1) is 4.78 Å². The van der Waals surface area contributed by atoms with Crippen LogP contribution in [-0.2, 0) is 15.7 Å².